The molecule has 158 valence electrons. The normalized spacial score (nSPS) is 21.5. The lowest BCUT2D eigenvalue weighted by molar-refractivity contribution is 0.153. The minimum Gasteiger partial charge on any atom is -0.485 e. The van der Waals surface area contributed by atoms with Crippen LogP contribution in [0.4, 0.5) is 14.9 Å². The molecule has 5 rings (SSSR count). The minimum absolute atomic E-state index is 0.262. The van der Waals surface area contributed by atoms with Gasteiger partial charge in [0.15, 0.2) is 0 Å². The number of benzene rings is 3. The fourth-order valence-corrected chi connectivity index (χ4v) is 4.50. The van der Waals surface area contributed by atoms with E-state index in [-0.39, 0.29) is 24.0 Å². The number of carbonyl (C=O) groups excluding carboxylic acids is 1. The maximum absolute atomic E-state index is 13.3. The number of carbonyl (C=O) groups is 1. The quantitative estimate of drug-likeness (QED) is 0.579. The van der Waals surface area contributed by atoms with Crippen molar-refractivity contribution in [3.8, 4) is 5.75 Å². The molecule has 6 heteroatoms. The van der Waals surface area contributed by atoms with Crippen LogP contribution in [0.5, 0.6) is 5.75 Å². The van der Waals surface area contributed by atoms with Crippen LogP contribution in [0.2, 0.25) is 0 Å². The van der Waals surface area contributed by atoms with Gasteiger partial charge in [-0.15, -0.1) is 0 Å². The number of rotatable bonds is 3. The predicted molar refractivity (Wildman–Crippen MR) is 116 cm³/mol. The Morgan fingerprint density at radius 3 is 2.65 bits per heavy atom. The fraction of sp³-hybridized carbons (Fsp3) is 0.240. The highest BCUT2D eigenvalue weighted by atomic mass is 19.1. The molecule has 3 aromatic carbocycles. The lowest BCUT2D eigenvalue weighted by Crippen LogP contribution is -2.36. The largest absolute Gasteiger partial charge is 0.485 e. The summed E-state index contributed by atoms with van der Waals surface area (Å²) in [6.07, 6.45) is 0.982. The molecule has 5 nitrogen and oxygen atoms in total. The van der Waals surface area contributed by atoms with Crippen molar-refractivity contribution in [3.05, 3.63) is 94.8 Å². The van der Waals surface area contributed by atoms with Crippen molar-refractivity contribution in [3.63, 3.8) is 0 Å². The first-order valence-electron chi connectivity index (χ1n) is 10.4. The monoisotopic (exact) mass is 418 g/mol. The summed E-state index contributed by atoms with van der Waals surface area (Å²) < 4.78 is 19.5. The first kappa shape index (κ1) is 19.6. The molecular formula is C25H23FN2O3. The lowest BCUT2D eigenvalue weighted by atomic mass is 9.93. The van der Waals surface area contributed by atoms with Crippen molar-refractivity contribution >= 4 is 11.7 Å². The van der Waals surface area contributed by atoms with Gasteiger partial charge in [-0.1, -0.05) is 42.5 Å². The van der Waals surface area contributed by atoms with E-state index in [0.29, 0.717) is 25.0 Å². The Hall–Kier alpha value is -3.38. The van der Waals surface area contributed by atoms with Crippen LogP contribution in [-0.4, -0.2) is 17.2 Å². The SMILES string of the molecule is O=C(Nc1cccc2c1CC(O)C2)NC1CC(c2ccc(F)cc2)Oc2ccccc21. The summed E-state index contributed by atoms with van der Waals surface area (Å²) in [5, 5.41) is 16.0. The van der Waals surface area contributed by atoms with Crippen LogP contribution < -0.4 is 15.4 Å². The van der Waals surface area contributed by atoms with E-state index in [1.165, 1.54) is 12.1 Å². The molecule has 31 heavy (non-hydrogen) atoms. The third kappa shape index (κ3) is 3.99. The van der Waals surface area contributed by atoms with E-state index in [2.05, 4.69) is 10.6 Å². The number of nitrogens with one attached hydrogen (secondary N) is 2. The summed E-state index contributed by atoms with van der Waals surface area (Å²) in [6.45, 7) is 0. The smallest absolute Gasteiger partial charge is 0.319 e. The van der Waals surface area contributed by atoms with Crippen LogP contribution >= 0.6 is 0 Å². The Labute approximate surface area is 179 Å². The van der Waals surface area contributed by atoms with Gasteiger partial charge in [0, 0.05) is 24.1 Å². The number of hydrogen-bond acceptors (Lipinski definition) is 3. The zero-order valence-electron chi connectivity index (χ0n) is 16.8. The van der Waals surface area contributed by atoms with Crippen molar-refractivity contribution in [2.75, 3.05) is 5.32 Å². The molecule has 3 unspecified atom stereocenters. The van der Waals surface area contributed by atoms with E-state index in [4.69, 9.17) is 4.74 Å². The molecule has 1 heterocycles. The predicted octanol–water partition coefficient (Wildman–Crippen LogP) is 4.67. The molecular weight excluding hydrogens is 395 g/mol. The molecule has 2 aliphatic rings. The Kier molecular flexibility index (Phi) is 5.08. The van der Waals surface area contributed by atoms with E-state index < -0.39 is 6.10 Å². The van der Waals surface area contributed by atoms with Gasteiger partial charge in [-0.05, 0) is 47.4 Å². The summed E-state index contributed by atoms with van der Waals surface area (Å²) in [5.74, 6) is 0.409. The Bertz CT molecular complexity index is 1120. The van der Waals surface area contributed by atoms with Gasteiger partial charge in [0.1, 0.15) is 17.7 Å². The van der Waals surface area contributed by atoms with Crippen LogP contribution in [-0.2, 0) is 12.8 Å². The molecule has 3 aromatic rings. The van der Waals surface area contributed by atoms with E-state index in [1.54, 1.807) is 12.1 Å². The highest BCUT2D eigenvalue weighted by Gasteiger charge is 2.30. The maximum Gasteiger partial charge on any atom is 0.319 e. The van der Waals surface area contributed by atoms with Crippen molar-refractivity contribution < 1.29 is 19.0 Å². The number of hydrogen-bond donors (Lipinski definition) is 3. The Morgan fingerprint density at radius 1 is 1.00 bits per heavy atom. The van der Waals surface area contributed by atoms with Crippen LogP contribution in [0, 0.1) is 5.82 Å². The second-order valence-electron chi connectivity index (χ2n) is 8.09. The number of fused-ring (bicyclic) bond motifs is 2. The molecule has 0 radical (unpaired) electrons. The standard InChI is InChI=1S/C25H23FN2O3/c26-17-10-8-15(9-11-17)24-14-22(19-5-1-2-7-23(19)31-24)28-25(30)27-21-6-3-4-16-12-18(29)13-20(16)21/h1-11,18,22,24,29H,12-14H2,(H2,27,28,30). The zero-order valence-corrected chi connectivity index (χ0v) is 16.8. The molecule has 1 aliphatic carbocycles. The van der Waals surface area contributed by atoms with E-state index in [0.717, 1.165) is 27.9 Å². The van der Waals surface area contributed by atoms with Crippen LogP contribution in [0.15, 0.2) is 66.7 Å². The van der Waals surface area contributed by atoms with E-state index in [1.807, 2.05) is 42.5 Å². The number of para-hydroxylation sites is 1. The number of urea groups is 1. The highest BCUT2D eigenvalue weighted by Crippen LogP contribution is 2.40. The average Bonchev–Trinajstić information content (AvgIpc) is 3.15. The van der Waals surface area contributed by atoms with Gasteiger partial charge in [0.25, 0.3) is 0 Å². The molecule has 0 saturated carbocycles. The zero-order chi connectivity index (χ0) is 21.4. The molecule has 0 saturated heterocycles. The van der Waals surface area contributed by atoms with Gasteiger partial charge < -0.3 is 20.5 Å². The second kappa shape index (κ2) is 8.04. The Balaban J connectivity index is 1.36. The molecule has 0 fully saturated rings. The summed E-state index contributed by atoms with van der Waals surface area (Å²) >= 11 is 0. The van der Waals surface area contributed by atoms with Gasteiger partial charge in [-0.2, -0.15) is 0 Å². The van der Waals surface area contributed by atoms with Crippen molar-refractivity contribution in [1.29, 1.82) is 0 Å². The third-order valence-corrected chi connectivity index (χ3v) is 5.98. The summed E-state index contributed by atoms with van der Waals surface area (Å²) in [7, 11) is 0. The summed E-state index contributed by atoms with van der Waals surface area (Å²) in [4.78, 5) is 12.9. The summed E-state index contributed by atoms with van der Waals surface area (Å²) in [5.41, 5.74) is 4.55. The molecule has 3 atom stereocenters. The van der Waals surface area contributed by atoms with Gasteiger partial charge in [-0.25, -0.2) is 9.18 Å². The second-order valence-corrected chi connectivity index (χ2v) is 8.09. The van der Waals surface area contributed by atoms with Gasteiger partial charge in [0.2, 0.25) is 0 Å². The minimum atomic E-state index is -0.403. The van der Waals surface area contributed by atoms with Crippen LogP contribution in [0.1, 0.15) is 40.8 Å². The fourth-order valence-electron chi connectivity index (χ4n) is 4.50. The number of amides is 2. The van der Waals surface area contributed by atoms with E-state index >= 15 is 0 Å². The van der Waals surface area contributed by atoms with Crippen molar-refractivity contribution in [2.24, 2.45) is 0 Å². The van der Waals surface area contributed by atoms with Gasteiger partial charge in [-0.3, -0.25) is 0 Å². The van der Waals surface area contributed by atoms with Crippen LogP contribution in [0.25, 0.3) is 0 Å². The average molecular weight is 418 g/mol. The highest BCUT2D eigenvalue weighted by molar-refractivity contribution is 5.90. The first-order chi connectivity index (χ1) is 15.1. The molecule has 0 spiro atoms. The summed E-state index contributed by atoms with van der Waals surface area (Å²) in [6, 6.07) is 19.0. The third-order valence-electron chi connectivity index (χ3n) is 5.98. The van der Waals surface area contributed by atoms with Crippen LogP contribution in [0.3, 0.4) is 0 Å². The number of anilines is 1. The molecule has 2 amide bonds. The number of ether oxygens (including phenoxy) is 1. The lowest BCUT2D eigenvalue weighted by Gasteiger charge is -2.33. The molecule has 0 bridgehead atoms. The first-order valence-corrected chi connectivity index (χ1v) is 10.4. The van der Waals surface area contributed by atoms with E-state index in [9.17, 15) is 14.3 Å². The topological polar surface area (TPSA) is 70.6 Å². The molecule has 1 aliphatic heterocycles. The van der Waals surface area contributed by atoms with Crippen molar-refractivity contribution in [2.45, 2.75) is 37.5 Å². The number of halogens is 1. The number of aliphatic hydroxyl groups is 1. The van der Waals surface area contributed by atoms with Crippen molar-refractivity contribution in [1.82, 2.24) is 5.32 Å². The molecule has 3 N–H and O–H groups in total. The maximum atomic E-state index is 13.3. The number of aliphatic hydroxyl groups excluding tert-OH is 1. The molecule has 0 aromatic heterocycles. The Morgan fingerprint density at radius 2 is 1.81 bits per heavy atom. The van der Waals surface area contributed by atoms with Gasteiger partial charge >= 0.3 is 6.03 Å². The van der Waals surface area contributed by atoms with Gasteiger partial charge in [0.05, 0.1) is 12.1 Å².